The molecule has 45 heavy (non-hydrogen) atoms. The van der Waals surface area contributed by atoms with Crippen molar-refractivity contribution in [2.24, 2.45) is 0 Å². The van der Waals surface area contributed by atoms with Crippen LogP contribution in [0.2, 0.25) is 0 Å². The molecule has 0 aliphatic rings. The topological polar surface area (TPSA) is 140 Å². The van der Waals surface area contributed by atoms with E-state index >= 15 is 0 Å². The van der Waals surface area contributed by atoms with Crippen LogP contribution in [-0.2, 0) is 30.0 Å². The molecule has 0 radical (unpaired) electrons. The molecule has 3 atom stereocenters. The van der Waals surface area contributed by atoms with Gasteiger partial charge >= 0.3 is 13.7 Å². The van der Waals surface area contributed by atoms with Crippen molar-refractivity contribution in [3.8, 4) is 5.75 Å². The second kappa shape index (κ2) is 14.4. The fraction of sp³-hybridized carbons (Fsp3) is 0.364. The van der Waals surface area contributed by atoms with E-state index in [0.29, 0.717) is 29.5 Å². The minimum atomic E-state index is -4.16. The van der Waals surface area contributed by atoms with Gasteiger partial charge in [-0.3, -0.25) is 9.32 Å². The summed E-state index contributed by atoms with van der Waals surface area (Å²) in [5, 5.41) is 5.34. The molecule has 0 amide bonds. The summed E-state index contributed by atoms with van der Waals surface area (Å²) < 4.78 is 39.9. The molecule has 0 unspecified atom stereocenters. The van der Waals surface area contributed by atoms with E-state index in [2.05, 4.69) is 10.1 Å². The highest BCUT2D eigenvalue weighted by Crippen LogP contribution is 2.47. The molecule has 0 bridgehead atoms. The number of rotatable bonds is 15. The molecule has 3 aromatic carbocycles. The molecule has 0 fully saturated rings. The van der Waals surface area contributed by atoms with E-state index < -0.39 is 25.8 Å². The van der Waals surface area contributed by atoms with Gasteiger partial charge in [-0.1, -0.05) is 67.9 Å². The third-order valence-corrected chi connectivity index (χ3v) is 9.03. The zero-order valence-electron chi connectivity index (χ0n) is 26.1. The lowest BCUT2D eigenvalue weighted by Gasteiger charge is -2.26. The van der Waals surface area contributed by atoms with Gasteiger partial charge in [0.25, 0.3) is 0 Å². The average Bonchev–Trinajstić information content (AvgIpc) is 3.43. The molecule has 0 saturated heterocycles. The van der Waals surface area contributed by atoms with Crippen LogP contribution in [-0.4, -0.2) is 46.4 Å². The molecule has 0 aliphatic heterocycles. The van der Waals surface area contributed by atoms with E-state index in [-0.39, 0.29) is 19.8 Å². The summed E-state index contributed by atoms with van der Waals surface area (Å²) in [6, 6.07) is 19.4. The number of carbonyl (C=O) groups is 1. The van der Waals surface area contributed by atoms with Crippen LogP contribution in [0.4, 0.5) is 5.82 Å². The number of nitrogen functional groups attached to an aromatic ring is 1. The van der Waals surface area contributed by atoms with E-state index in [1.807, 2.05) is 86.0 Å². The van der Waals surface area contributed by atoms with Crippen LogP contribution in [0.5, 0.6) is 5.75 Å². The molecule has 5 aromatic rings. The summed E-state index contributed by atoms with van der Waals surface area (Å²) in [4.78, 5) is 22.1. The number of para-hydroxylation sites is 1. The first-order valence-corrected chi connectivity index (χ1v) is 16.8. The Labute approximate surface area is 262 Å². The minimum Gasteiger partial charge on any atom is -0.465 e. The Morgan fingerprint density at radius 2 is 1.73 bits per heavy atom. The van der Waals surface area contributed by atoms with Crippen molar-refractivity contribution in [3.63, 3.8) is 0 Å². The molecular formula is C33H40N5O6P. The number of imidazole rings is 1. The van der Waals surface area contributed by atoms with Gasteiger partial charge in [0.15, 0.2) is 5.82 Å². The lowest BCUT2D eigenvalue weighted by Crippen LogP contribution is -2.35. The number of unbranched alkanes of at least 4 members (excludes halogenated alkanes) is 1. The molecule has 3 N–H and O–H groups in total. The van der Waals surface area contributed by atoms with Crippen molar-refractivity contribution in [3.05, 3.63) is 72.6 Å². The van der Waals surface area contributed by atoms with Crippen LogP contribution >= 0.6 is 7.75 Å². The van der Waals surface area contributed by atoms with Gasteiger partial charge in [-0.15, -0.1) is 0 Å². The zero-order valence-corrected chi connectivity index (χ0v) is 27.0. The standard InChI is InChI=1S/C33H40N5O6P/c1-5-7-19-42-33(39)23(4)37-45(40,44-28-18-12-14-24-13-8-9-15-25(24)28)43-20-22(3)38-29(21-41-6-2)36-30-31(38)26-16-10-11-17-27(26)35-32(30)34/h8-18,22-23H,5-7,19-21H2,1-4H3,(H2,34,35)(H,37,40)/t22-,23-,45-/m0/s1. The second-order valence-corrected chi connectivity index (χ2v) is 12.5. The number of pyridine rings is 1. The maximum atomic E-state index is 14.5. The largest absolute Gasteiger partial charge is 0.465 e. The van der Waals surface area contributed by atoms with Crippen molar-refractivity contribution in [1.82, 2.24) is 19.6 Å². The molecule has 238 valence electrons. The number of anilines is 1. The van der Waals surface area contributed by atoms with Crippen molar-refractivity contribution < 1.29 is 27.9 Å². The minimum absolute atomic E-state index is 0.0617. The smallest absolute Gasteiger partial charge is 0.459 e. The van der Waals surface area contributed by atoms with Crippen molar-refractivity contribution in [1.29, 1.82) is 0 Å². The number of hydrogen-bond donors (Lipinski definition) is 2. The summed E-state index contributed by atoms with van der Waals surface area (Å²) in [5.41, 5.74) is 8.40. The number of hydrogen-bond acceptors (Lipinski definition) is 9. The van der Waals surface area contributed by atoms with E-state index in [4.69, 9.17) is 29.2 Å². The first-order chi connectivity index (χ1) is 21.7. The number of fused-ring (bicyclic) bond motifs is 4. The molecule has 12 heteroatoms. The molecule has 5 rings (SSSR count). The van der Waals surface area contributed by atoms with Gasteiger partial charge in [-0.25, -0.2) is 14.5 Å². The average molecular weight is 634 g/mol. The number of ether oxygens (including phenoxy) is 2. The van der Waals surface area contributed by atoms with E-state index in [1.165, 1.54) is 0 Å². The van der Waals surface area contributed by atoms with E-state index in [0.717, 1.165) is 40.0 Å². The molecule has 0 aliphatic carbocycles. The SMILES string of the molecule is CCCCOC(=O)[C@H](C)N[P@](=O)(OC[C@H](C)n1c(COCC)nc2c(N)nc3ccccc3c21)Oc1cccc2ccccc12. The van der Waals surface area contributed by atoms with Crippen LogP contribution in [0.3, 0.4) is 0 Å². The Kier molecular flexibility index (Phi) is 10.4. The third-order valence-electron chi connectivity index (χ3n) is 7.40. The quantitative estimate of drug-likeness (QED) is 0.0708. The number of aromatic nitrogens is 3. The Morgan fingerprint density at radius 3 is 2.51 bits per heavy atom. The maximum Gasteiger partial charge on any atom is 0.459 e. The Bertz CT molecular complexity index is 1840. The van der Waals surface area contributed by atoms with Gasteiger partial charge in [-0.2, -0.15) is 5.09 Å². The zero-order chi connectivity index (χ0) is 32.0. The number of nitrogens with zero attached hydrogens (tertiary/aromatic N) is 3. The summed E-state index contributed by atoms with van der Waals surface area (Å²) in [6.07, 6.45) is 1.61. The van der Waals surface area contributed by atoms with Gasteiger partial charge < -0.3 is 24.3 Å². The molecule has 0 spiro atoms. The highest BCUT2D eigenvalue weighted by molar-refractivity contribution is 7.52. The maximum absolute atomic E-state index is 14.5. The number of esters is 1. The Morgan fingerprint density at radius 1 is 1.00 bits per heavy atom. The van der Waals surface area contributed by atoms with Crippen LogP contribution in [0.25, 0.3) is 32.7 Å². The van der Waals surface area contributed by atoms with Gasteiger partial charge in [0.2, 0.25) is 0 Å². The predicted octanol–water partition coefficient (Wildman–Crippen LogP) is 6.94. The molecule has 2 heterocycles. The fourth-order valence-corrected chi connectivity index (χ4v) is 6.74. The molecular weight excluding hydrogens is 593 g/mol. The van der Waals surface area contributed by atoms with Crippen molar-refractivity contribution in [2.75, 3.05) is 25.6 Å². The monoisotopic (exact) mass is 633 g/mol. The van der Waals surface area contributed by atoms with Crippen LogP contribution in [0.15, 0.2) is 66.7 Å². The van der Waals surface area contributed by atoms with Crippen molar-refractivity contribution >= 4 is 52.2 Å². The number of nitrogens with one attached hydrogen (secondary N) is 1. The van der Waals surface area contributed by atoms with Gasteiger partial charge in [0.05, 0.1) is 30.3 Å². The lowest BCUT2D eigenvalue weighted by atomic mass is 10.1. The van der Waals surface area contributed by atoms with Gasteiger partial charge in [-0.05, 0) is 44.7 Å². The van der Waals surface area contributed by atoms with Crippen LogP contribution < -0.4 is 15.3 Å². The number of carbonyl (C=O) groups excluding carboxylic acids is 1. The first-order valence-electron chi connectivity index (χ1n) is 15.2. The first kappa shape index (κ1) is 32.4. The Balaban J connectivity index is 1.49. The summed E-state index contributed by atoms with van der Waals surface area (Å²) in [5.74, 6) is 0.739. The number of nitrogens with two attached hydrogens (primary N) is 1. The summed E-state index contributed by atoms with van der Waals surface area (Å²) >= 11 is 0. The lowest BCUT2D eigenvalue weighted by molar-refractivity contribution is -0.145. The fourth-order valence-electron chi connectivity index (χ4n) is 5.15. The normalized spacial score (nSPS) is 14.4. The van der Waals surface area contributed by atoms with E-state index in [9.17, 15) is 9.36 Å². The molecule has 11 nitrogen and oxygen atoms in total. The summed E-state index contributed by atoms with van der Waals surface area (Å²) in [6.45, 7) is 8.35. The number of benzene rings is 3. The van der Waals surface area contributed by atoms with Crippen molar-refractivity contribution in [2.45, 2.75) is 59.2 Å². The van der Waals surface area contributed by atoms with Crippen LogP contribution in [0, 0.1) is 0 Å². The van der Waals surface area contributed by atoms with Crippen LogP contribution in [0.1, 0.15) is 52.4 Å². The van der Waals surface area contributed by atoms with E-state index in [1.54, 1.807) is 13.0 Å². The highest BCUT2D eigenvalue weighted by Gasteiger charge is 2.34. The Hall–Kier alpha value is -4.02. The molecule has 2 aromatic heterocycles. The van der Waals surface area contributed by atoms with Gasteiger partial charge in [0.1, 0.15) is 29.7 Å². The predicted molar refractivity (Wildman–Crippen MR) is 176 cm³/mol. The van der Waals surface area contributed by atoms with Gasteiger partial charge in [0, 0.05) is 17.4 Å². The second-order valence-electron chi connectivity index (χ2n) is 10.8. The molecule has 0 saturated carbocycles. The summed E-state index contributed by atoms with van der Waals surface area (Å²) in [7, 11) is -4.16. The third kappa shape index (κ3) is 7.28. The highest BCUT2D eigenvalue weighted by atomic mass is 31.2.